The maximum Gasteiger partial charge on any atom is 0.0728 e. The van der Waals surface area contributed by atoms with E-state index in [-0.39, 0.29) is 0 Å². The number of hydrogen-bond donors (Lipinski definition) is 0. The second kappa shape index (κ2) is 3.21. The molecule has 0 saturated carbocycles. The van der Waals surface area contributed by atoms with Crippen molar-refractivity contribution in [2.24, 2.45) is 5.92 Å². The first-order chi connectivity index (χ1) is 5.41. The lowest BCUT2D eigenvalue weighted by Gasteiger charge is -2.17. The Hall–Kier alpha value is -0.303. The van der Waals surface area contributed by atoms with Gasteiger partial charge in [-0.3, -0.25) is 0 Å². The minimum atomic E-state index is -1.00. The predicted molar refractivity (Wildman–Crippen MR) is 59.0 cm³/mol. The largest absolute Gasteiger partial charge is 0.0774 e. The normalized spacial score (nSPS) is 18.2. The van der Waals surface area contributed by atoms with Crippen molar-refractivity contribution < 1.29 is 0 Å². The highest BCUT2D eigenvalue weighted by Gasteiger charge is 2.22. The minimum absolute atomic E-state index is 0.707. The van der Waals surface area contributed by atoms with Gasteiger partial charge in [-0.15, -0.1) is 0 Å². The van der Waals surface area contributed by atoms with Crippen molar-refractivity contribution >= 4 is 8.07 Å². The quantitative estimate of drug-likeness (QED) is 0.567. The molecule has 0 heterocycles. The Kier molecular flexibility index (Phi) is 2.62. The van der Waals surface area contributed by atoms with Gasteiger partial charge in [0.15, 0.2) is 0 Å². The highest BCUT2D eigenvalue weighted by Crippen LogP contribution is 2.29. The SMILES string of the molecule is CC(C)C1=CCC([Si](C)(C)C)=C1. The second-order valence-electron chi connectivity index (χ2n) is 4.98. The third-order valence-corrected chi connectivity index (χ3v) is 4.80. The highest BCUT2D eigenvalue weighted by molar-refractivity contribution is 6.83. The summed E-state index contributed by atoms with van der Waals surface area (Å²) in [4.78, 5) is 0. The van der Waals surface area contributed by atoms with Crippen molar-refractivity contribution in [2.75, 3.05) is 0 Å². The average Bonchev–Trinajstić information content (AvgIpc) is 2.30. The van der Waals surface area contributed by atoms with Crippen molar-refractivity contribution in [1.82, 2.24) is 0 Å². The summed E-state index contributed by atoms with van der Waals surface area (Å²) in [7, 11) is -1.00. The fourth-order valence-corrected chi connectivity index (χ4v) is 2.79. The summed E-state index contributed by atoms with van der Waals surface area (Å²) in [6.07, 6.45) is 6.07. The van der Waals surface area contributed by atoms with Gasteiger partial charge in [-0.25, -0.2) is 0 Å². The van der Waals surface area contributed by atoms with Crippen molar-refractivity contribution in [3.63, 3.8) is 0 Å². The molecule has 0 nitrogen and oxygen atoms in total. The maximum atomic E-state index is 2.44. The zero-order valence-electron chi connectivity index (χ0n) is 8.94. The number of rotatable bonds is 2. The van der Waals surface area contributed by atoms with E-state index in [0.717, 1.165) is 0 Å². The van der Waals surface area contributed by atoms with E-state index in [0.29, 0.717) is 5.92 Å². The molecule has 0 amide bonds. The molecule has 0 aromatic rings. The third-order valence-electron chi connectivity index (χ3n) is 2.53. The number of allylic oxidation sites excluding steroid dienone is 4. The summed E-state index contributed by atoms with van der Waals surface area (Å²) in [6.45, 7) is 11.8. The number of hydrogen-bond acceptors (Lipinski definition) is 0. The highest BCUT2D eigenvalue weighted by atomic mass is 28.3. The van der Waals surface area contributed by atoms with Crippen molar-refractivity contribution in [2.45, 2.75) is 39.9 Å². The lowest BCUT2D eigenvalue weighted by molar-refractivity contribution is 0.793. The summed E-state index contributed by atoms with van der Waals surface area (Å²) >= 11 is 0. The molecule has 0 aromatic heterocycles. The molecule has 12 heavy (non-hydrogen) atoms. The Balaban J connectivity index is 2.74. The molecule has 0 aliphatic heterocycles. The summed E-state index contributed by atoms with van der Waals surface area (Å²) in [6, 6.07) is 0. The van der Waals surface area contributed by atoms with E-state index in [1.165, 1.54) is 6.42 Å². The first-order valence-corrected chi connectivity index (χ1v) is 8.32. The van der Waals surface area contributed by atoms with Gasteiger partial charge in [-0.05, 0) is 17.9 Å². The zero-order chi connectivity index (χ0) is 9.35. The van der Waals surface area contributed by atoms with E-state index in [1.54, 1.807) is 10.8 Å². The summed E-state index contributed by atoms with van der Waals surface area (Å²) in [5.41, 5.74) is 1.55. The van der Waals surface area contributed by atoms with Gasteiger partial charge in [0.05, 0.1) is 8.07 Å². The lowest BCUT2D eigenvalue weighted by atomic mass is 10.1. The van der Waals surface area contributed by atoms with Crippen molar-refractivity contribution in [1.29, 1.82) is 0 Å². The van der Waals surface area contributed by atoms with Gasteiger partial charge in [0, 0.05) is 0 Å². The molecule has 0 saturated heterocycles. The molecule has 0 atom stereocenters. The minimum Gasteiger partial charge on any atom is -0.0774 e. The van der Waals surface area contributed by atoms with E-state index in [2.05, 4.69) is 45.6 Å². The fourth-order valence-electron chi connectivity index (χ4n) is 1.47. The molecule has 0 radical (unpaired) electrons. The molecule has 0 spiro atoms. The van der Waals surface area contributed by atoms with Gasteiger partial charge in [0.2, 0.25) is 0 Å². The second-order valence-corrected chi connectivity index (χ2v) is 10.1. The Bertz CT molecular complexity index is 226. The topological polar surface area (TPSA) is 0 Å². The fraction of sp³-hybridized carbons (Fsp3) is 0.636. The molecule has 1 heteroatoms. The van der Waals surface area contributed by atoms with Gasteiger partial charge in [-0.2, -0.15) is 0 Å². The van der Waals surface area contributed by atoms with E-state index in [9.17, 15) is 0 Å². The molecular weight excluding hydrogens is 160 g/mol. The van der Waals surface area contributed by atoms with Gasteiger partial charge in [0.25, 0.3) is 0 Å². The molecule has 0 bridgehead atoms. The molecule has 1 rings (SSSR count). The first-order valence-electron chi connectivity index (χ1n) is 4.82. The van der Waals surface area contributed by atoms with Crippen LogP contribution in [0.2, 0.25) is 19.6 Å². The van der Waals surface area contributed by atoms with Gasteiger partial charge < -0.3 is 0 Å². The maximum absolute atomic E-state index is 2.44. The van der Waals surface area contributed by atoms with Crippen LogP contribution in [0.25, 0.3) is 0 Å². The molecule has 0 unspecified atom stereocenters. The van der Waals surface area contributed by atoms with Crippen LogP contribution < -0.4 is 0 Å². The van der Waals surface area contributed by atoms with Gasteiger partial charge >= 0.3 is 0 Å². The summed E-state index contributed by atoms with van der Waals surface area (Å²) in [5, 5.41) is 1.71. The predicted octanol–water partition coefficient (Wildman–Crippen LogP) is 3.78. The van der Waals surface area contributed by atoms with Crippen LogP contribution in [0.4, 0.5) is 0 Å². The third kappa shape index (κ3) is 2.10. The van der Waals surface area contributed by atoms with Crippen LogP contribution in [0.5, 0.6) is 0 Å². The Morgan fingerprint density at radius 3 is 2.08 bits per heavy atom. The van der Waals surface area contributed by atoms with E-state index in [1.807, 2.05) is 0 Å². The van der Waals surface area contributed by atoms with E-state index >= 15 is 0 Å². The molecule has 0 fully saturated rings. The Morgan fingerprint density at radius 2 is 1.83 bits per heavy atom. The van der Waals surface area contributed by atoms with Crippen LogP contribution >= 0.6 is 0 Å². The Morgan fingerprint density at radius 1 is 1.25 bits per heavy atom. The molecule has 0 aromatic carbocycles. The van der Waals surface area contributed by atoms with Crippen LogP contribution in [0.3, 0.4) is 0 Å². The van der Waals surface area contributed by atoms with Crippen molar-refractivity contribution in [3.05, 3.63) is 22.9 Å². The summed E-state index contributed by atoms with van der Waals surface area (Å²) < 4.78 is 0. The van der Waals surface area contributed by atoms with Crippen LogP contribution in [0.1, 0.15) is 20.3 Å². The average molecular weight is 180 g/mol. The van der Waals surface area contributed by atoms with Gasteiger partial charge in [0.1, 0.15) is 0 Å². The van der Waals surface area contributed by atoms with Crippen LogP contribution in [0.15, 0.2) is 22.9 Å². The Labute approximate surface area is 77.4 Å². The lowest BCUT2D eigenvalue weighted by Crippen LogP contribution is -2.22. The monoisotopic (exact) mass is 180 g/mol. The first kappa shape index (κ1) is 9.78. The molecule has 1 aliphatic rings. The molecule has 0 N–H and O–H groups in total. The van der Waals surface area contributed by atoms with E-state index in [4.69, 9.17) is 0 Å². The molecule has 1 aliphatic carbocycles. The zero-order valence-corrected chi connectivity index (χ0v) is 9.94. The van der Waals surface area contributed by atoms with Crippen LogP contribution in [-0.2, 0) is 0 Å². The van der Waals surface area contributed by atoms with Crippen LogP contribution in [0, 0.1) is 5.92 Å². The standard InChI is InChI=1S/C11H20Si/c1-9(2)10-6-7-11(8-10)12(3,4)5/h6,8-9H,7H2,1-5H3. The molecular formula is C11H20Si. The van der Waals surface area contributed by atoms with E-state index < -0.39 is 8.07 Å². The molecule has 68 valence electrons. The van der Waals surface area contributed by atoms with Crippen LogP contribution in [-0.4, -0.2) is 8.07 Å². The van der Waals surface area contributed by atoms with Crippen molar-refractivity contribution in [3.8, 4) is 0 Å². The van der Waals surface area contributed by atoms with Gasteiger partial charge in [-0.1, -0.05) is 50.8 Å². The summed E-state index contributed by atoms with van der Waals surface area (Å²) in [5.74, 6) is 0.707. The smallest absolute Gasteiger partial charge is 0.0728 e.